The maximum atomic E-state index is 13.7. The van der Waals surface area contributed by atoms with Gasteiger partial charge in [0.05, 0.1) is 5.56 Å². The Morgan fingerprint density at radius 2 is 1.94 bits per heavy atom. The molecule has 0 spiro atoms. The second-order valence-electron chi connectivity index (χ2n) is 3.62. The Balaban J connectivity index is 2.58. The summed E-state index contributed by atoms with van der Waals surface area (Å²) in [6, 6.07) is 8.91. The van der Waals surface area contributed by atoms with Crippen LogP contribution < -0.4 is 0 Å². The maximum absolute atomic E-state index is 13.7. The molecule has 2 aromatic rings. The van der Waals surface area contributed by atoms with Crippen molar-refractivity contribution in [3.05, 3.63) is 57.3 Å². The van der Waals surface area contributed by atoms with Crippen molar-refractivity contribution in [2.45, 2.75) is 0 Å². The monoisotopic (exact) mass is 328 g/mol. The summed E-state index contributed by atoms with van der Waals surface area (Å²) in [5.74, 6) is -1.56. The number of carboxylic acid groups (broad SMARTS) is 1. The molecular formula is C13H7BrClFO2. The number of hydrogen-bond donors (Lipinski definition) is 1. The minimum atomic E-state index is -1.07. The van der Waals surface area contributed by atoms with Crippen LogP contribution in [-0.2, 0) is 0 Å². The molecule has 0 fully saturated rings. The summed E-state index contributed by atoms with van der Waals surface area (Å²) >= 11 is 8.81. The molecule has 0 saturated heterocycles. The lowest BCUT2D eigenvalue weighted by atomic mass is 10.0. The minimum Gasteiger partial charge on any atom is -0.478 e. The first kappa shape index (κ1) is 13.1. The highest BCUT2D eigenvalue weighted by molar-refractivity contribution is 9.10. The van der Waals surface area contributed by atoms with Gasteiger partial charge in [-0.1, -0.05) is 17.7 Å². The van der Waals surface area contributed by atoms with Gasteiger partial charge in [-0.15, -0.1) is 0 Å². The smallest absolute Gasteiger partial charge is 0.336 e. The molecule has 92 valence electrons. The van der Waals surface area contributed by atoms with Gasteiger partial charge >= 0.3 is 5.97 Å². The summed E-state index contributed by atoms with van der Waals surface area (Å²) in [7, 11) is 0. The van der Waals surface area contributed by atoms with E-state index in [-0.39, 0.29) is 5.56 Å². The van der Waals surface area contributed by atoms with Crippen molar-refractivity contribution in [3.63, 3.8) is 0 Å². The van der Waals surface area contributed by atoms with Crippen LogP contribution in [-0.4, -0.2) is 11.1 Å². The first-order valence-electron chi connectivity index (χ1n) is 4.97. The van der Waals surface area contributed by atoms with Crippen LogP contribution in [0.2, 0.25) is 5.02 Å². The lowest BCUT2D eigenvalue weighted by Gasteiger charge is -2.06. The second-order valence-corrected chi connectivity index (χ2v) is 4.91. The fourth-order valence-electron chi connectivity index (χ4n) is 1.58. The van der Waals surface area contributed by atoms with Crippen molar-refractivity contribution < 1.29 is 14.3 Å². The molecule has 0 atom stereocenters. The van der Waals surface area contributed by atoms with Gasteiger partial charge in [0.25, 0.3) is 0 Å². The van der Waals surface area contributed by atoms with Crippen LogP contribution in [0.25, 0.3) is 11.1 Å². The topological polar surface area (TPSA) is 37.3 Å². The first-order chi connectivity index (χ1) is 8.49. The third-order valence-electron chi connectivity index (χ3n) is 2.44. The van der Waals surface area contributed by atoms with Crippen LogP contribution in [0, 0.1) is 5.82 Å². The van der Waals surface area contributed by atoms with Crippen LogP contribution in [0.4, 0.5) is 4.39 Å². The number of aromatic carboxylic acids is 1. The predicted octanol–water partition coefficient (Wildman–Crippen LogP) is 4.61. The highest BCUT2D eigenvalue weighted by Crippen LogP contribution is 2.28. The van der Waals surface area contributed by atoms with Crippen molar-refractivity contribution in [1.29, 1.82) is 0 Å². The van der Waals surface area contributed by atoms with Crippen LogP contribution >= 0.6 is 27.5 Å². The molecule has 2 rings (SSSR count). The Morgan fingerprint density at radius 3 is 2.56 bits per heavy atom. The molecule has 0 bridgehead atoms. The van der Waals surface area contributed by atoms with E-state index in [1.807, 2.05) is 0 Å². The molecule has 18 heavy (non-hydrogen) atoms. The fraction of sp³-hybridized carbons (Fsp3) is 0. The summed E-state index contributed by atoms with van der Waals surface area (Å²) in [6.45, 7) is 0. The number of carbonyl (C=O) groups is 1. The highest BCUT2D eigenvalue weighted by Gasteiger charge is 2.12. The predicted molar refractivity (Wildman–Crippen MR) is 71.5 cm³/mol. The van der Waals surface area contributed by atoms with E-state index in [1.54, 1.807) is 18.2 Å². The van der Waals surface area contributed by atoms with Gasteiger partial charge in [-0.25, -0.2) is 9.18 Å². The van der Waals surface area contributed by atoms with Gasteiger partial charge in [0, 0.05) is 15.1 Å². The highest BCUT2D eigenvalue weighted by atomic mass is 79.9. The largest absolute Gasteiger partial charge is 0.478 e. The number of carboxylic acids is 1. The van der Waals surface area contributed by atoms with Gasteiger partial charge in [0.1, 0.15) is 5.82 Å². The third kappa shape index (κ3) is 2.54. The fourth-order valence-corrected chi connectivity index (χ4v) is 2.16. The van der Waals surface area contributed by atoms with Crippen LogP contribution in [0.5, 0.6) is 0 Å². The Labute approximate surface area is 116 Å². The molecule has 5 heteroatoms. The number of rotatable bonds is 2. The Hall–Kier alpha value is -1.39. The van der Waals surface area contributed by atoms with E-state index in [1.165, 1.54) is 18.2 Å². The van der Waals surface area contributed by atoms with E-state index in [2.05, 4.69) is 15.9 Å². The van der Waals surface area contributed by atoms with Crippen LogP contribution in [0.3, 0.4) is 0 Å². The molecular weight excluding hydrogens is 322 g/mol. The quantitative estimate of drug-likeness (QED) is 0.874. The van der Waals surface area contributed by atoms with E-state index >= 15 is 0 Å². The zero-order chi connectivity index (χ0) is 13.3. The molecule has 0 heterocycles. The SMILES string of the molecule is O=C(O)c1cc(-c2ccc(Cl)cc2F)ccc1Br. The molecule has 1 N–H and O–H groups in total. The molecule has 0 aliphatic heterocycles. The van der Waals surface area contributed by atoms with Crippen LogP contribution in [0.1, 0.15) is 10.4 Å². The van der Waals surface area contributed by atoms with Gasteiger partial charge in [0.15, 0.2) is 0 Å². The minimum absolute atomic E-state index is 0.0850. The lowest BCUT2D eigenvalue weighted by Crippen LogP contribution is -1.98. The average Bonchev–Trinajstić information content (AvgIpc) is 2.30. The van der Waals surface area contributed by atoms with Crippen molar-refractivity contribution in [2.24, 2.45) is 0 Å². The van der Waals surface area contributed by atoms with E-state index in [4.69, 9.17) is 16.7 Å². The Morgan fingerprint density at radius 1 is 1.22 bits per heavy atom. The summed E-state index contributed by atoms with van der Waals surface area (Å²) in [6.07, 6.45) is 0. The molecule has 0 aromatic heterocycles. The maximum Gasteiger partial charge on any atom is 0.336 e. The number of benzene rings is 2. The molecule has 0 saturated carbocycles. The molecule has 0 aliphatic rings. The molecule has 2 nitrogen and oxygen atoms in total. The van der Waals surface area contributed by atoms with E-state index in [9.17, 15) is 9.18 Å². The van der Waals surface area contributed by atoms with Crippen LogP contribution in [0.15, 0.2) is 40.9 Å². The molecule has 2 aromatic carbocycles. The molecule has 0 radical (unpaired) electrons. The third-order valence-corrected chi connectivity index (χ3v) is 3.37. The van der Waals surface area contributed by atoms with Crippen molar-refractivity contribution in [3.8, 4) is 11.1 Å². The summed E-state index contributed by atoms with van der Waals surface area (Å²) in [4.78, 5) is 11.0. The van der Waals surface area contributed by atoms with Gasteiger partial charge in [-0.2, -0.15) is 0 Å². The van der Waals surface area contributed by atoms with Gasteiger partial charge in [-0.05, 0) is 51.8 Å². The van der Waals surface area contributed by atoms with Gasteiger partial charge in [-0.3, -0.25) is 0 Å². The van der Waals surface area contributed by atoms with E-state index in [0.29, 0.717) is 20.6 Å². The van der Waals surface area contributed by atoms with E-state index < -0.39 is 11.8 Å². The summed E-state index contributed by atoms with van der Waals surface area (Å²) < 4.78 is 14.2. The first-order valence-corrected chi connectivity index (χ1v) is 6.14. The second kappa shape index (κ2) is 5.08. The zero-order valence-corrected chi connectivity index (χ0v) is 11.3. The normalized spacial score (nSPS) is 10.4. The van der Waals surface area contributed by atoms with Crippen molar-refractivity contribution in [2.75, 3.05) is 0 Å². The Kier molecular flexibility index (Phi) is 3.68. The standard InChI is InChI=1S/C13H7BrClFO2/c14-11-4-1-7(5-10(11)13(17)18)9-3-2-8(15)6-12(9)16/h1-6H,(H,17,18). The molecule has 0 unspecified atom stereocenters. The molecule has 0 aliphatic carbocycles. The number of hydrogen-bond acceptors (Lipinski definition) is 1. The van der Waals surface area contributed by atoms with E-state index in [0.717, 1.165) is 0 Å². The van der Waals surface area contributed by atoms with Crippen molar-refractivity contribution >= 4 is 33.5 Å². The summed E-state index contributed by atoms with van der Waals surface area (Å²) in [5, 5.41) is 9.30. The summed E-state index contributed by atoms with van der Waals surface area (Å²) in [5.41, 5.74) is 0.890. The average molecular weight is 330 g/mol. The Bertz CT molecular complexity index is 628. The zero-order valence-electron chi connectivity index (χ0n) is 8.95. The number of halogens is 3. The molecule has 0 amide bonds. The van der Waals surface area contributed by atoms with Crippen molar-refractivity contribution in [1.82, 2.24) is 0 Å². The van der Waals surface area contributed by atoms with Gasteiger partial charge in [0.2, 0.25) is 0 Å². The lowest BCUT2D eigenvalue weighted by molar-refractivity contribution is 0.0696. The van der Waals surface area contributed by atoms with Gasteiger partial charge < -0.3 is 5.11 Å².